The summed E-state index contributed by atoms with van der Waals surface area (Å²) in [6, 6.07) is 0.446. The molecule has 2 aliphatic rings. The van der Waals surface area contributed by atoms with Crippen LogP contribution in [0.4, 0.5) is 0 Å². The number of ether oxygens (including phenoxy) is 2. The summed E-state index contributed by atoms with van der Waals surface area (Å²) >= 11 is 0. The minimum absolute atomic E-state index is 0. The zero-order chi connectivity index (χ0) is 18.9. The second-order valence-electron chi connectivity index (χ2n) is 7.68. The Hall–Kier alpha value is -0.870. The van der Waals surface area contributed by atoms with Gasteiger partial charge in [-0.15, -0.1) is 24.0 Å². The molecule has 1 aromatic heterocycles. The van der Waals surface area contributed by atoms with Crippen molar-refractivity contribution in [2.75, 3.05) is 52.6 Å². The molecule has 2 saturated heterocycles. The maximum Gasteiger partial charge on any atom is 0.193 e. The van der Waals surface area contributed by atoms with E-state index in [0.29, 0.717) is 17.9 Å². The molecule has 0 bridgehead atoms. The Morgan fingerprint density at radius 3 is 3.00 bits per heavy atom. The number of aliphatic imine (C=N–C) groups is 1. The van der Waals surface area contributed by atoms with Crippen LogP contribution in [0.2, 0.25) is 0 Å². The Balaban J connectivity index is 0.00000280. The molecule has 8 heteroatoms. The van der Waals surface area contributed by atoms with E-state index < -0.39 is 0 Å². The number of rotatable bonds is 8. The zero-order valence-electron chi connectivity index (χ0n) is 17.3. The molecular weight excluding hydrogens is 469 g/mol. The topological polar surface area (TPSA) is 63.9 Å². The lowest BCUT2D eigenvalue weighted by Crippen LogP contribution is -2.49. The van der Waals surface area contributed by atoms with Crippen molar-refractivity contribution in [1.29, 1.82) is 0 Å². The van der Waals surface area contributed by atoms with Crippen LogP contribution in [0, 0.1) is 11.8 Å². The third kappa shape index (κ3) is 6.88. The van der Waals surface area contributed by atoms with E-state index in [2.05, 4.69) is 39.8 Å². The lowest BCUT2D eigenvalue weighted by atomic mass is 9.93. The third-order valence-corrected chi connectivity index (χ3v) is 5.55. The molecule has 2 aliphatic heterocycles. The summed E-state index contributed by atoms with van der Waals surface area (Å²) in [6.45, 7) is 11.5. The van der Waals surface area contributed by atoms with E-state index in [-0.39, 0.29) is 24.0 Å². The third-order valence-electron chi connectivity index (χ3n) is 5.55. The quantitative estimate of drug-likeness (QED) is 0.255. The van der Waals surface area contributed by atoms with Gasteiger partial charge in [0.15, 0.2) is 5.96 Å². The number of nitrogens with zero attached hydrogens (tertiary/aromatic N) is 4. The summed E-state index contributed by atoms with van der Waals surface area (Å²) in [5.74, 6) is 2.26. The number of halogens is 1. The smallest absolute Gasteiger partial charge is 0.193 e. The van der Waals surface area contributed by atoms with Gasteiger partial charge < -0.3 is 24.3 Å². The van der Waals surface area contributed by atoms with Crippen LogP contribution in [0.1, 0.15) is 39.2 Å². The summed E-state index contributed by atoms with van der Waals surface area (Å²) < 4.78 is 13.4. The molecule has 0 amide bonds. The molecule has 3 rings (SSSR count). The Morgan fingerprint density at radius 1 is 1.39 bits per heavy atom. The van der Waals surface area contributed by atoms with Crippen molar-refractivity contribution in [3.8, 4) is 0 Å². The van der Waals surface area contributed by atoms with Crippen LogP contribution in [-0.4, -0.2) is 73.0 Å². The van der Waals surface area contributed by atoms with Gasteiger partial charge in [0.1, 0.15) is 0 Å². The van der Waals surface area contributed by atoms with Crippen molar-refractivity contribution in [2.45, 2.75) is 39.2 Å². The maximum atomic E-state index is 5.79. The number of aromatic nitrogens is 2. The lowest BCUT2D eigenvalue weighted by molar-refractivity contribution is 0.0892. The molecular formula is C20H36IN5O2. The van der Waals surface area contributed by atoms with Gasteiger partial charge in [0.25, 0.3) is 0 Å². The van der Waals surface area contributed by atoms with Crippen molar-refractivity contribution >= 4 is 29.9 Å². The van der Waals surface area contributed by atoms with Crippen LogP contribution in [0.25, 0.3) is 0 Å². The first-order valence-corrected chi connectivity index (χ1v) is 10.4. The highest BCUT2D eigenvalue weighted by Crippen LogP contribution is 2.27. The Kier molecular flexibility index (Phi) is 10.6. The fourth-order valence-electron chi connectivity index (χ4n) is 3.84. The number of nitrogens with one attached hydrogen (secondary N) is 1. The summed E-state index contributed by atoms with van der Waals surface area (Å²) in [6.07, 6.45) is 9.12. The van der Waals surface area contributed by atoms with Crippen LogP contribution < -0.4 is 5.32 Å². The highest BCUT2D eigenvalue weighted by Gasteiger charge is 2.28. The molecule has 0 spiro atoms. The molecule has 3 unspecified atom stereocenters. The van der Waals surface area contributed by atoms with E-state index in [0.717, 1.165) is 71.4 Å². The number of imidazole rings is 1. The number of hydrogen-bond acceptors (Lipinski definition) is 4. The number of piperidine rings is 1. The average Bonchev–Trinajstić information content (AvgIpc) is 3.38. The highest BCUT2D eigenvalue weighted by molar-refractivity contribution is 14.0. The number of hydrogen-bond donors (Lipinski definition) is 1. The summed E-state index contributed by atoms with van der Waals surface area (Å²) in [5.41, 5.74) is 0. The number of guanidine groups is 1. The summed E-state index contributed by atoms with van der Waals surface area (Å²) in [7, 11) is 0. The largest absolute Gasteiger partial charge is 0.381 e. The van der Waals surface area contributed by atoms with E-state index in [1.165, 1.54) is 6.42 Å². The average molecular weight is 505 g/mol. The first-order chi connectivity index (χ1) is 13.3. The van der Waals surface area contributed by atoms with Gasteiger partial charge in [0.2, 0.25) is 0 Å². The molecule has 0 aromatic carbocycles. The summed E-state index contributed by atoms with van der Waals surface area (Å²) in [5, 5.41) is 3.46. The van der Waals surface area contributed by atoms with Crippen LogP contribution in [0.5, 0.6) is 0 Å². The number of likely N-dealkylation sites (tertiary alicyclic amines) is 1. The van der Waals surface area contributed by atoms with Gasteiger partial charge in [-0.1, -0.05) is 6.92 Å². The Labute approximate surface area is 186 Å². The molecule has 3 heterocycles. The van der Waals surface area contributed by atoms with E-state index in [9.17, 15) is 0 Å². The minimum Gasteiger partial charge on any atom is -0.381 e. The molecule has 0 aliphatic carbocycles. The molecule has 0 saturated carbocycles. The molecule has 2 fully saturated rings. The summed E-state index contributed by atoms with van der Waals surface area (Å²) in [4.78, 5) is 11.5. The van der Waals surface area contributed by atoms with Gasteiger partial charge in [0, 0.05) is 57.7 Å². The second-order valence-corrected chi connectivity index (χ2v) is 7.68. The first-order valence-electron chi connectivity index (χ1n) is 10.4. The first kappa shape index (κ1) is 23.4. The van der Waals surface area contributed by atoms with E-state index in [1.54, 1.807) is 0 Å². The van der Waals surface area contributed by atoms with Crippen molar-refractivity contribution in [1.82, 2.24) is 19.8 Å². The molecule has 0 radical (unpaired) electrons. The lowest BCUT2D eigenvalue weighted by Gasteiger charge is -2.39. The van der Waals surface area contributed by atoms with Crippen molar-refractivity contribution < 1.29 is 9.47 Å². The predicted molar refractivity (Wildman–Crippen MR) is 122 cm³/mol. The molecule has 3 atom stereocenters. The second kappa shape index (κ2) is 12.6. The van der Waals surface area contributed by atoms with Gasteiger partial charge in [0.05, 0.1) is 25.6 Å². The van der Waals surface area contributed by atoms with Crippen molar-refractivity contribution in [3.63, 3.8) is 0 Å². The molecule has 28 heavy (non-hydrogen) atoms. The van der Waals surface area contributed by atoms with Crippen LogP contribution >= 0.6 is 24.0 Å². The Bertz CT molecular complexity index is 563. The monoisotopic (exact) mass is 505 g/mol. The van der Waals surface area contributed by atoms with Crippen molar-refractivity contribution in [2.24, 2.45) is 16.8 Å². The fourth-order valence-corrected chi connectivity index (χ4v) is 3.84. The molecule has 160 valence electrons. The van der Waals surface area contributed by atoms with Gasteiger partial charge in [-0.25, -0.2) is 4.98 Å². The SMILES string of the molecule is CCNC(=NCCCOCC1CCOC1)N1CCC(C)C(n2ccnc2)C1.I. The highest BCUT2D eigenvalue weighted by atomic mass is 127. The van der Waals surface area contributed by atoms with Gasteiger partial charge in [-0.3, -0.25) is 4.99 Å². The van der Waals surface area contributed by atoms with Gasteiger partial charge >= 0.3 is 0 Å². The van der Waals surface area contributed by atoms with E-state index in [4.69, 9.17) is 14.5 Å². The molecule has 1 N–H and O–H groups in total. The molecule has 7 nitrogen and oxygen atoms in total. The molecule has 1 aromatic rings. The minimum atomic E-state index is 0. The standard InChI is InChI=1S/C20H35N5O2.HI/c1-3-22-20(23-7-4-11-26-14-18-6-12-27-15-18)24-9-5-17(2)19(13-24)25-10-8-21-16-25;/h8,10,16-19H,3-7,9,11-15H2,1-2H3,(H,22,23);1H. The maximum absolute atomic E-state index is 5.79. The van der Waals surface area contributed by atoms with Gasteiger partial charge in [-0.05, 0) is 32.1 Å². The van der Waals surface area contributed by atoms with Crippen LogP contribution in [-0.2, 0) is 9.47 Å². The predicted octanol–water partition coefficient (Wildman–Crippen LogP) is 2.79. The van der Waals surface area contributed by atoms with Crippen LogP contribution in [0.3, 0.4) is 0 Å². The zero-order valence-corrected chi connectivity index (χ0v) is 19.6. The van der Waals surface area contributed by atoms with Gasteiger partial charge in [-0.2, -0.15) is 0 Å². The van der Waals surface area contributed by atoms with Crippen molar-refractivity contribution in [3.05, 3.63) is 18.7 Å². The van der Waals surface area contributed by atoms with E-state index >= 15 is 0 Å². The Morgan fingerprint density at radius 2 is 2.29 bits per heavy atom. The van der Waals surface area contributed by atoms with Crippen LogP contribution in [0.15, 0.2) is 23.7 Å². The fraction of sp³-hybridized carbons (Fsp3) is 0.800. The normalized spacial score (nSPS) is 25.6. The van der Waals surface area contributed by atoms with E-state index in [1.807, 2.05) is 12.5 Å².